The minimum absolute atomic E-state index is 0.123. The average molecular weight is 365 g/mol. The van der Waals surface area contributed by atoms with Crippen molar-refractivity contribution >= 4 is 34.9 Å². The Kier molecular flexibility index (Phi) is 6.04. The largest absolute Gasteiger partial charge is 0.453 e. The quantitative estimate of drug-likeness (QED) is 0.461. The molecule has 1 amide bonds. The first-order valence-electron chi connectivity index (χ1n) is 7.02. The summed E-state index contributed by atoms with van der Waals surface area (Å²) in [5.74, 6) is -1.82. The predicted octanol–water partition coefficient (Wildman–Crippen LogP) is 2.46. The zero-order valence-corrected chi connectivity index (χ0v) is 13.5. The van der Waals surface area contributed by atoms with E-state index < -0.39 is 29.5 Å². The fourth-order valence-corrected chi connectivity index (χ4v) is 2.11. The second-order valence-corrected chi connectivity index (χ2v) is 5.32. The third kappa shape index (κ3) is 5.00. The van der Waals surface area contributed by atoms with Crippen LogP contribution in [0.3, 0.4) is 0 Å². The lowest BCUT2D eigenvalue weighted by molar-refractivity contribution is -0.383. The summed E-state index contributed by atoms with van der Waals surface area (Å²) < 4.78 is 4.72. The Bertz CT molecular complexity index is 796. The van der Waals surface area contributed by atoms with Gasteiger partial charge in [-0.15, -0.1) is 0 Å². The van der Waals surface area contributed by atoms with Crippen molar-refractivity contribution in [3.05, 3.63) is 69.2 Å². The highest BCUT2D eigenvalue weighted by Gasteiger charge is 2.21. The normalized spacial score (nSPS) is 11.4. The van der Waals surface area contributed by atoms with Crippen LogP contribution in [0.15, 0.2) is 48.5 Å². The van der Waals surface area contributed by atoms with Gasteiger partial charge in [-0.25, -0.2) is 4.79 Å². The molecule has 9 heteroatoms. The first-order chi connectivity index (χ1) is 11.9. The molecule has 25 heavy (non-hydrogen) atoms. The van der Waals surface area contributed by atoms with E-state index in [-0.39, 0.29) is 16.4 Å². The number of hydrogen-bond donors (Lipinski definition) is 2. The molecule has 2 N–H and O–H groups in total. The molecule has 2 aromatic rings. The van der Waals surface area contributed by atoms with Crippen LogP contribution in [0, 0.1) is 10.1 Å². The van der Waals surface area contributed by atoms with E-state index in [2.05, 4.69) is 5.32 Å². The van der Waals surface area contributed by atoms with Crippen LogP contribution in [0.25, 0.3) is 0 Å². The third-order valence-electron chi connectivity index (χ3n) is 3.11. The molecule has 0 unspecified atom stereocenters. The predicted molar refractivity (Wildman–Crippen MR) is 89.1 cm³/mol. The molecule has 2 aromatic carbocycles. The van der Waals surface area contributed by atoms with Gasteiger partial charge in [0.2, 0.25) is 0 Å². The number of halogens is 1. The van der Waals surface area contributed by atoms with Crippen molar-refractivity contribution in [1.82, 2.24) is 0 Å². The summed E-state index contributed by atoms with van der Waals surface area (Å²) in [4.78, 5) is 33.8. The van der Waals surface area contributed by atoms with Gasteiger partial charge in [-0.1, -0.05) is 41.9 Å². The molecule has 8 nitrogen and oxygen atoms in total. The molecule has 0 aliphatic heterocycles. The van der Waals surface area contributed by atoms with Gasteiger partial charge in [-0.3, -0.25) is 14.9 Å². The van der Waals surface area contributed by atoms with Crippen LogP contribution >= 0.6 is 11.6 Å². The molecule has 130 valence electrons. The first kappa shape index (κ1) is 18.4. The molecule has 0 bridgehead atoms. The Balaban J connectivity index is 1.96. The van der Waals surface area contributed by atoms with Gasteiger partial charge >= 0.3 is 5.97 Å². The van der Waals surface area contributed by atoms with E-state index in [1.54, 1.807) is 18.2 Å². The first-order valence-corrected chi connectivity index (χ1v) is 7.39. The van der Waals surface area contributed by atoms with Gasteiger partial charge < -0.3 is 15.2 Å². The molecule has 0 radical (unpaired) electrons. The molecule has 0 saturated heterocycles. The van der Waals surface area contributed by atoms with Crippen LogP contribution in [-0.2, 0) is 14.3 Å². The van der Waals surface area contributed by atoms with Gasteiger partial charge in [0.25, 0.3) is 11.6 Å². The zero-order chi connectivity index (χ0) is 18.4. The number of aliphatic hydroxyl groups excluding tert-OH is 1. The topological polar surface area (TPSA) is 119 Å². The van der Waals surface area contributed by atoms with Crippen molar-refractivity contribution in [2.45, 2.75) is 6.10 Å². The average Bonchev–Trinajstić information content (AvgIpc) is 2.59. The molecule has 0 spiro atoms. The summed E-state index contributed by atoms with van der Waals surface area (Å²) in [6.45, 7) is -0.716. The lowest BCUT2D eigenvalue weighted by Gasteiger charge is -2.11. The maximum Gasteiger partial charge on any atom is 0.340 e. The number of esters is 1. The van der Waals surface area contributed by atoms with Crippen molar-refractivity contribution in [2.24, 2.45) is 0 Å². The Hall–Kier alpha value is -2.97. The number of ether oxygens (including phenoxy) is 1. The second kappa shape index (κ2) is 8.22. The number of nitrogens with zero attached hydrogens (tertiary/aromatic N) is 1. The summed E-state index contributed by atoms with van der Waals surface area (Å²) in [5, 5.41) is 23.2. The molecule has 0 heterocycles. The van der Waals surface area contributed by atoms with Gasteiger partial charge in [-0.05, 0) is 17.7 Å². The molecular weight excluding hydrogens is 352 g/mol. The van der Waals surface area contributed by atoms with Crippen LogP contribution in [0.5, 0.6) is 0 Å². The number of aliphatic hydroxyl groups is 1. The number of carbonyl (C=O) groups excluding carboxylic acids is 2. The van der Waals surface area contributed by atoms with E-state index in [0.29, 0.717) is 5.56 Å². The number of hydrogen-bond acceptors (Lipinski definition) is 6. The monoisotopic (exact) mass is 364 g/mol. The summed E-state index contributed by atoms with van der Waals surface area (Å²) in [6, 6.07) is 11.7. The molecule has 0 aliphatic rings. The minimum Gasteiger partial charge on any atom is -0.453 e. The van der Waals surface area contributed by atoms with Crippen LogP contribution in [-0.4, -0.2) is 28.5 Å². The number of nitrogens with one attached hydrogen (secondary N) is 1. The number of anilines is 1. The number of carbonyl (C=O) groups is 2. The molecule has 0 saturated carbocycles. The zero-order valence-electron chi connectivity index (χ0n) is 12.7. The minimum atomic E-state index is -1.53. The molecule has 0 aromatic heterocycles. The summed E-state index contributed by atoms with van der Waals surface area (Å²) in [7, 11) is 0. The van der Waals surface area contributed by atoms with E-state index in [1.807, 2.05) is 0 Å². The van der Waals surface area contributed by atoms with Crippen LogP contribution < -0.4 is 5.32 Å². The Morgan fingerprint density at radius 3 is 2.56 bits per heavy atom. The van der Waals surface area contributed by atoms with Gasteiger partial charge in [0.05, 0.1) is 4.92 Å². The summed E-state index contributed by atoms with van der Waals surface area (Å²) in [5.41, 5.74) is -0.158. The smallest absolute Gasteiger partial charge is 0.340 e. The SMILES string of the molecule is O=C(COC(=O)[C@@H](O)c1ccccc1)Nc1cc(Cl)ccc1[N+](=O)[O-]. The Morgan fingerprint density at radius 2 is 1.92 bits per heavy atom. The lowest BCUT2D eigenvalue weighted by Crippen LogP contribution is -2.24. The molecule has 1 atom stereocenters. The maximum absolute atomic E-state index is 11.8. The number of amides is 1. The van der Waals surface area contributed by atoms with Crippen molar-refractivity contribution in [2.75, 3.05) is 11.9 Å². The van der Waals surface area contributed by atoms with Crippen molar-refractivity contribution in [3.63, 3.8) is 0 Å². The Morgan fingerprint density at radius 1 is 1.24 bits per heavy atom. The molecule has 0 aliphatic carbocycles. The lowest BCUT2D eigenvalue weighted by atomic mass is 10.1. The van der Waals surface area contributed by atoms with Crippen LogP contribution in [0.2, 0.25) is 5.02 Å². The van der Waals surface area contributed by atoms with Crippen molar-refractivity contribution < 1.29 is 24.4 Å². The van der Waals surface area contributed by atoms with Gasteiger partial charge in [-0.2, -0.15) is 0 Å². The highest BCUT2D eigenvalue weighted by molar-refractivity contribution is 6.31. The van der Waals surface area contributed by atoms with E-state index in [0.717, 1.165) is 6.07 Å². The van der Waals surface area contributed by atoms with Gasteiger partial charge in [0, 0.05) is 11.1 Å². The third-order valence-corrected chi connectivity index (χ3v) is 3.35. The molecule has 0 fully saturated rings. The van der Waals surface area contributed by atoms with E-state index >= 15 is 0 Å². The second-order valence-electron chi connectivity index (χ2n) is 4.89. The number of nitro benzene ring substituents is 1. The maximum atomic E-state index is 11.8. The van der Waals surface area contributed by atoms with Crippen LogP contribution in [0.4, 0.5) is 11.4 Å². The highest BCUT2D eigenvalue weighted by Crippen LogP contribution is 2.27. The fourth-order valence-electron chi connectivity index (χ4n) is 1.94. The molecule has 2 rings (SSSR count). The van der Waals surface area contributed by atoms with E-state index in [4.69, 9.17) is 16.3 Å². The van der Waals surface area contributed by atoms with Gasteiger partial charge in [0.1, 0.15) is 5.69 Å². The Labute approximate surface area is 147 Å². The van der Waals surface area contributed by atoms with Crippen molar-refractivity contribution in [3.8, 4) is 0 Å². The number of nitro groups is 1. The van der Waals surface area contributed by atoms with Gasteiger partial charge in [0.15, 0.2) is 12.7 Å². The van der Waals surface area contributed by atoms with E-state index in [9.17, 15) is 24.8 Å². The summed E-state index contributed by atoms with van der Waals surface area (Å²) >= 11 is 5.75. The molecular formula is C16H13ClN2O6. The highest BCUT2D eigenvalue weighted by atomic mass is 35.5. The summed E-state index contributed by atoms with van der Waals surface area (Å²) in [6.07, 6.45) is -1.53. The number of rotatable bonds is 6. The standard InChI is InChI=1S/C16H13ClN2O6/c17-11-6-7-13(19(23)24)12(8-11)18-14(20)9-25-16(22)15(21)10-4-2-1-3-5-10/h1-8,15,21H,9H2,(H,18,20)/t15-/m0/s1. The van der Waals surface area contributed by atoms with Crippen LogP contribution in [0.1, 0.15) is 11.7 Å². The fraction of sp³-hybridized carbons (Fsp3) is 0.125. The van der Waals surface area contributed by atoms with Crippen molar-refractivity contribution in [1.29, 1.82) is 0 Å². The van der Waals surface area contributed by atoms with E-state index in [1.165, 1.54) is 24.3 Å². The number of benzene rings is 2.